The first kappa shape index (κ1) is 14.1. The van der Waals surface area contributed by atoms with Crippen molar-refractivity contribution in [3.05, 3.63) is 24.2 Å². The number of amides is 1. The van der Waals surface area contributed by atoms with Gasteiger partial charge in [0, 0.05) is 18.6 Å². The average molecular weight is 265 g/mol. The maximum atomic E-state index is 12.0. The van der Waals surface area contributed by atoms with Gasteiger partial charge in [0.25, 0.3) is 0 Å². The van der Waals surface area contributed by atoms with Crippen molar-refractivity contribution in [3.8, 4) is 0 Å². The lowest BCUT2D eigenvalue weighted by atomic mass is 9.99. The Morgan fingerprint density at radius 2 is 2.47 bits per heavy atom. The number of furan rings is 1. The first-order valence-corrected chi connectivity index (χ1v) is 6.88. The van der Waals surface area contributed by atoms with Gasteiger partial charge >= 0.3 is 0 Å². The van der Waals surface area contributed by atoms with E-state index in [0.717, 1.165) is 25.1 Å². The number of carbonyl (C=O) groups excluding carboxylic acids is 1. The highest BCUT2D eigenvalue weighted by molar-refractivity contribution is 5.78. The molecule has 3 unspecified atom stereocenters. The molecule has 1 aromatic heterocycles. The van der Waals surface area contributed by atoms with Crippen LogP contribution in [0.25, 0.3) is 0 Å². The fourth-order valence-corrected chi connectivity index (χ4v) is 2.57. The molecule has 2 heterocycles. The molecule has 0 saturated carbocycles. The van der Waals surface area contributed by atoms with Crippen LogP contribution in [0.15, 0.2) is 22.8 Å². The minimum atomic E-state index is -0.0927. The summed E-state index contributed by atoms with van der Waals surface area (Å²) in [5.41, 5.74) is 5.92. The van der Waals surface area contributed by atoms with Gasteiger partial charge in [0.1, 0.15) is 5.76 Å². The number of nitrogens with zero attached hydrogens (tertiary/aromatic N) is 1. The highest BCUT2D eigenvalue weighted by Crippen LogP contribution is 2.16. The number of nitrogens with two attached hydrogens (primary N) is 1. The van der Waals surface area contributed by atoms with E-state index in [4.69, 9.17) is 10.2 Å². The van der Waals surface area contributed by atoms with E-state index in [1.807, 2.05) is 19.1 Å². The largest absolute Gasteiger partial charge is 0.467 e. The van der Waals surface area contributed by atoms with E-state index in [1.165, 1.54) is 0 Å². The number of carbonyl (C=O) groups is 1. The van der Waals surface area contributed by atoms with Crippen LogP contribution in [0, 0.1) is 0 Å². The standard InChI is InChI=1S/C14H23N3O2/c1-10-8-12(15)5-6-17(10)9-14(18)16-11(2)13-4-3-7-19-13/h3-4,7,10-12H,5-6,8-9,15H2,1-2H3,(H,16,18). The SMILES string of the molecule is CC(NC(=O)CN1CCC(N)CC1C)c1ccco1. The minimum absolute atomic E-state index is 0.0335. The van der Waals surface area contributed by atoms with Gasteiger partial charge in [-0.15, -0.1) is 0 Å². The van der Waals surface area contributed by atoms with Crippen LogP contribution in [0.4, 0.5) is 0 Å². The van der Waals surface area contributed by atoms with E-state index in [2.05, 4.69) is 17.1 Å². The number of piperidine rings is 1. The second kappa shape index (κ2) is 6.21. The van der Waals surface area contributed by atoms with Gasteiger partial charge in [0.05, 0.1) is 18.8 Å². The third-order valence-electron chi connectivity index (χ3n) is 3.75. The summed E-state index contributed by atoms with van der Waals surface area (Å²) < 4.78 is 5.28. The minimum Gasteiger partial charge on any atom is -0.467 e. The summed E-state index contributed by atoms with van der Waals surface area (Å²) in [6.07, 6.45) is 3.54. The van der Waals surface area contributed by atoms with Crippen molar-refractivity contribution in [2.75, 3.05) is 13.1 Å². The normalized spacial score (nSPS) is 26.1. The predicted molar refractivity (Wildman–Crippen MR) is 73.5 cm³/mol. The molecule has 19 heavy (non-hydrogen) atoms. The lowest BCUT2D eigenvalue weighted by Gasteiger charge is -2.35. The van der Waals surface area contributed by atoms with Crippen molar-refractivity contribution in [1.29, 1.82) is 0 Å². The van der Waals surface area contributed by atoms with Crippen molar-refractivity contribution in [2.24, 2.45) is 5.73 Å². The van der Waals surface area contributed by atoms with Crippen molar-refractivity contribution in [2.45, 2.75) is 44.8 Å². The highest BCUT2D eigenvalue weighted by Gasteiger charge is 2.25. The Hall–Kier alpha value is -1.33. The summed E-state index contributed by atoms with van der Waals surface area (Å²) in [7, 11) is 0. The number of nitrogens with one attached hydrogen (secondary N) is 1. The van der Waals surface area contributed by atoms with Gasteiger partial charge < -0.3 is 15.5 Å². The van der Waals surface area contributed by atoms with E-state index in [9.17, 15) is 4.79 Å². The van der Waals surface area contributed by atoms with Crippen molar-refractivity contribution < 1.29 is 9.21 Å². The second-order valence-electron chi connectivity index (χ2n) is 5.41. The lowest BCUT2D eigenvalue weighted by Crippen LogP contribution is -2.49. The first-order chi connectivity index (χ1) is 9.06. The van der Waals surface area contributed by atoms with Gasteiger partial charge in [0.2, 0.25) is 5.91 Å². The topological polar surface area (TPSA) is 71.5 Å². The molecule has 5 heteroatoms. The molecule has 106 valence electrons. The Kier molecular flexibility index (Phi) is 4.61. The third kappa shape index (κ3) is 3.81. The molecule has 1 aliphatic heterocycles. The smallest absolute Gasteiger partial charge is 0.234 e. The van der Waals surface area contributed by atoms with Crippen LogP contribution in [0.3, 0.4) is 0 Å². The Labute approximate surface area is 114 Å². The molecule has 0 spiro atoms. The van der Waals surface area contributed by atoms with Gasteiger partial charge in [-0.2, -0.15) is 0 Å². The van der Waals surface area contributed by atoms with Crippen molar-refractivity contribution in [1.82, 2.24) is 10.2 Å². The Bertz CT molecular complexity index is 405. The van der Waals surface area contributed by atoms with E-state index in [-0.39, 0.29) is 18.0 Å². The number of hydrogen-bond acceptors (Lipinski definition) is 4. The quantitative estimate of drug-likeness (QED) is 0.860. The molecule has 0 aromatic carbocycles. The average Bonchev–Trinajstić information content (AvgIpc) is 2.86. The highest BCUT2D eigenvalue weighted by atomic mass is 16.3. The van der Waals surface area contributed by atoms with Crippen LogP contribution in [-0.2, 0) is 4.79 Å². The molecular weight excluding hydrogens is 242 g/mol. The molecule has 1 saturated heterocycles. The van der Waals surface area contributed by atoms with Gasteiger partial charge in [-0.3, -0.25) is 9.69 Å². The fourth-order valence-electron chi connectivity index (χ4n) is 2.57. The molecular formula is C14H23N3O2. The molecule has 2 rings (SSSR count). The molecule has 0 aliphatic carbocycles. The molecule has 3 N–H and O–H groups in total. The molecule has 0 bridgehead atoms. The van der Waals surface area contributed by atoms with Crippen molar-refractivity contribution >= 4 is 5.91 Å². The van der Waals surface area contributed by atoms with Crippen LogP contribution in [0.1, 0.15) is 38.5 Å². The zero-order chi connectivity index (χ0) is 13.8. The van der Waals surface area contributed by atoms with Crippen LogP contribution < -0.4 is 11.1 Å². The summed E-state index contributed by atoms with van der Waals surface area (Å²) in [5.74, 6) is 0.813. The summed E-state index contributed by atoms with van der Waals surface area (Å²) in [6, 6.07) is 4.24. The predicted octanol–water partition coefficient (Wildman–Crippen LogP) is 1.27. The number of hydrogen-bond donors (Lipinski definition) is 2. The third-order valence-corrected chi connectivity index (χ3v) is 3.75. The van der Waals surface area contributed by atoms with Crippen LogP contribution in [-0.4, -0.2) is 36.0 Å². The summed E-state index contributed by atoms with van der Waals surface area (Å²) in [6.45, 7) is 5.37. The monoisotopic (exact) mass is 265 g/mol. The first-order valence-electron chi connectivity index (χ1n) is 6.88. The van der Waals surface area contributed by atoms with E-state index < -0.39 is 0 Å². The molecule has 1 fully saturated rings. The van der Waals surface area contributed by atoms with Gasteiger partial charge in [0.15, 0.2) is 0 Å². The van der Waals surface area contributed by atoms with Gasteiger partial charge in [-0.25, -0.2) is 0 Å². The van der Waals surface area contributed by atoms with Crippen LogP contribution >= 0.6 is 0 Å². The van der Waals surface area contributed by atoms with Crippen LogP contribution in [0.5, 0.6) is 0 Å². The second-order valence-corrected chi connectivity index (χ2v) is 5.41. The number of rotatable bonds is 4. The van der Waals surface area contributed by atoms with E-state index >= 15 is 0 Å². The van der Waals surface area contributed by atoms with Crippen molar-refractivity contribution in [3.63, 3.8) is 0 Å². The molecule has 1 aromatic rings. The molecule has 0 radical (unpaired) electrons. The molecule has 1 aliphatic rings. The molecule has 3 atom stereocenters. The zero-order valence-electron chi connectivity index (χ0n) is 11.6. The lowest BCUT2D eigenvalue weighted by molar-refractivity contribution is -0.123. The fraction of sp³-hybridized carbons (Fsp3) is 0.643. The maximum absolute atomic E-state index is 12.0. The molecule has 1 amide bonds. The Balaban J connectivity index is 1.81. The molecule has 5 nitrogen and oxygen atoms in total. The zero-order valence-corrected chi connectivity index (χ0v) is 11.6. The summed E-state index contributed by atoms with van der Waals surface area (Å²) in [5, 5.41) is 2.96. The summed E-state index contributed by atoms with van der Waals surface area (Å²) >= 11 is 0. The van der Waals surface area contributed by atoms with E-state index in [0.29, 0.717) is 12.6 Å². The number of likely N-dealkylation sites (tertiary alicyclic amines) is 1. The van der Waals surface area contributed by atoms with E-state index in [1.54, 1.807) is 6.26 Å². The Morgan fingerprint density at radius 1 is 1.68 bits per heavy atom. The Morgan fingerprint density at radius 3 is 3.11 bits per heavy atom. The van der Waals surface area contributed by atoms with Gasteiger partial charge in [-0.1, -0.05) is 0 Å². The summed E-state index contributed by atoms with van der Waals surface area (Å²) in [4.78, 5) is 14.2. The van der Waals surface area contributed by atoms with Crippen LogP contribution in [0.2, 0.25) is 0 Å². The maximum Gasteiger partial charge on any atom is 0.234 e. The van der Waals surface area contributed by atoms with Gasteiger partial charge in [-0.05, 0) is 38.8 Å².